The zero-order chi connectivity index (χ0) is 7.56. The molecule has 1 fully saturated rings. The summed E-state index contributed by atoms with van der Waals surface area (Å²) < 4.78 is 4.66. The Hall–Kier alpha value is -0.770. The summed E-state index contributed by atoms with van der Waals surface area (Å²) in [6, 6.07) is 0. The van der Waals surface area contributed by atoms with Crippen LogP contribution in [0.15, 0.2) is 0 Å². The fraction of sp³-hybridized carbons (Fsp3) is 0.833. The Balaban J connectivity index is 2.24. The number of hydrogen-bond donors (Lipinski definition) is 2. The van der Waals surface area contributed by atoms with E-state index in [1.165, 1.54) is 0 Å². The highest BCUT2D eigenvalue weighted by atomic mass is 16.6. The maximum atomic E-state index is 10.2. The van der Waals surface area contributed by atoms with E-state index in [2.05, 4.69) is 4.74 Å². The van der Waals surface area contributed by atoms with Gasteiger partial charge >= 0.3 is 6.09 Å². The summed E-state index contributed by atoms with van der Waals surface area (Å²) in [5.41, 5.74) is 4.77. The SMILES string of the molecule is NC(=O)OC1CC[C@@H](O)C1. The topological polar surface area (TPSA) is 72.6 Å². The maximum Gasteiger partial charge on any atom is 0.404 e. The predicted octanol–water partition coefficient (Wildman–Crippen LogP) is -0.00490. The van der Waals surface area contributed by atoms with Crippen molar-refractivity contribution in [3.63, 3.8) is 0 Å². The molecule has 0 spiro atoms. The average Bonchev–Trinajstić information content (AvgIpc) is 2.13. The highest BCUT2D eigenvalue weighted by Crippen LogP contribution is 2.21. The minimum Gasteiger partial charge on any atom is -0.446 e. The summed E-state index contributed by atoms with van der Waals surface area (Å²) in [6.45, 7) is 0. The van der Waals surface area contributed by atoms with E-state index >= 15 is 0 Å². The molecule has 1 aliphatic carbocycles. The highest BCUT2D eigenvalue weighted by molar-refractivity contribution is 5.64. The standard InChI is InChI=1S/C6H11NO3/c7-6(9)10-5-2-1-4(8)3-5/h4-5,8H,1-3H2,(H2,7,9)/t4-,5?/m1/s1. The molecule has 3 N–H and O–H groups in total. The van der Waals surface area contributed by atoms with Crippen LogP contribution < -0.4 is 5.73 Å². The molecule has 0 aromatic rings. The Morgan fingerprint density at radius 3 is 2.70 bits per heavy atom. The number of ether oxygens (including phenoxy) is 1. The van der Waals surface area contributed by atoms with Crippen molar-refractivity contribution in [2.24, 2.45) is 5.73 Å². The van der Waals surface area contributed by atoms with E-state index in [1.54, 1.807) is 0 Å². The molecule has 0 radical (unpaired) electrons. The normalized spacial score (nSPS) is 32.1. The molecule has 1 unspecified atom stereocenters. The van der Waals surface area contributed by atoms with Gasteiger partial charge in [0, 0.05) is 6.42 Å². The molecule has 4 nitrogen and oxygen atoms in total. The number of carbonyl (C=O) groups is 1. The number of aliphatic hydroxyl groups excluding tert-OH is 1. The molecular formula is C6H11NO3. The Morgan fingerprint density at radius 1 is 1.60 bits per heavy atom. The molecule has 1 amide bonds. The van der Waals surface area contributed by atoms with Crippen LogP contribution in [-0.4, -0.2) is 23.4 Å². The van der Waals surface area contributed by atoms with E-state index in [1.807, 2.05) is 0 Å². The van der Waals surface area contributed by atoms with Crippen molar-refractivity contribution in [2.75, 3.05) is 0 Å². The summed E-state index contributed by atoms with van der Waals surface area (Å²) in [4.78, 5) is 10.2. The molecule has 1 rings (SSSR count). The third-order valence-electron chi connectivity index (χ3n) is 1.64. The number of aliphatic hydroxyl groups is 1. The van der Waals surface area contributed by atoms with Gasteiger partial charge in [0.15, 0.2) is 0 Å². The van der Waals surface area contributed by atoms with Crippen LogP contribution in [0.5, 0.6) is 0 Å². The van der Waals surface area contributed by atoms with Gasteiger partial charge in [0.05, 0.1) is 6.10 Å². The van der Waals surface area contributed by atoms with E-state index in [0.29, 0.717) is 12.8 Å². The summed E-state index contributed by atoms with van der Waals surface area (Å²) in [7, 11) is 0. The van der Waals surface area contributed by atoms with E-state index in [0.717, 1.165) is 6.42 Å². The minimum absolute atomic E-state index is 0.160. The van der Waals surface area contributed by atoms with Gasteiger partial charge in [-0.15, -0.1) is 0 Å². The molecule has 58 valence electrons. The molecule has 0 aromatic heterocycles. The first kappa shape index (κ1) is 7.34. The summed E-state index contributed by atoms with van der Waals surface area (Å²) in [5, 5.41) is 8.98. The molecule has 0 heterocycles. The third kappa shape index (κ3) is 1.88. The molecule has 2 atom stereocenters. The maximum absolute atomic E-state index is 10.2. The lowest BCUT2D eigenvalue weighted by atomic mass is 10.3. The van der Waals surface area contributed by atoms with E-state index in [4.69, 9.17) is 10.8 Å². The first-order valence-electron chi connectivity index (χ1n) is 3.32. The fourth-order valence-electron chi connectivity index (χ4n) is 1.19. The van der Waals surface area contributed by atoms with Gasteiger partial charge in [-0.05, 0) is 12.8 Å². The van der Waals surface area contributed by atoms with Crippen molar-refractivity contribution in [1.82, 2.24) is 0 Å². The first-order valence-corrected chi connectivity index (χ1v) is 3.32. The average molecular weight is 145 g/mol. The lowest BCUT2D eigenvalue weighted by Crippen LogP contribution is -2.20. The van der Waals surface area contributed by atoms with Gasteiger partial charge in [-0.1, -0.05) is 0 Å². The lowest BCUT2D eigenvalue weighted by Gasteiger charge is -2.07. The molecule has 0 bridgehead atoms. The van der Waals surface area contributed by atoms with E-state index < -0.39 is 6.09 Å². The zero-order valence-electron chi connectivity index (χ0n) is 5.62. The van der Waals surface area contributed by atoms with Crippen LogP contribution in [0, 0.1) is 0 Å². The molecule has 0 saturated heterocycles. The quantitative estimate of drug-likeness (QED) is 0.545. The first-order chi connectivity index (χ1) is 4.68. The van der Waals surface area contributed by atoms with Gasteiger partial charge in [-0.25, -0.2) is 4.79 Å². The summed E-state index contributed by atoms with van der Waals surface area (Å²) in [6.07, 6.45) is 0.737. The van der Waals surface area contributed by atoms with Crippen LogP contribution in [0.4, 0.5) is 4.79 Å². The van der Waals surface area contributed by atoms with Crippen molar-refractivity contribution in [3.05, 3.63) is 0 Å². The van der Waals surface area contributed by atoms with Crippen LogP contribution >= 0.6 is 0 Å². The van der Waals surface area contributed by atoms with Crippen LogP contribution in [0.25, 0.3) is 0 Å². The number of rotatable bonds is 1. The second-order valence-electron chi connectivity index (χ2n) is 2.53. The predicted molar refractivity (Wildman–Crippen MR) is 34.3 cm³/mol. The Morgan fingerprint density at radius 2 is 2.30 bits per heavy atom. The number of hydrogen-bond acceptors (Lipinski definition) is 3. The van der Waals surface area contributed by atoms with Gasteiger partial charge in [0.1, 0.15) is 6.10 Å². The Labute approximate surface area is 59.0 Å². The minimum atomic E-state index is -0.751. The van der Waals surface area contributed by atoms with Crippen LogP contribution in [0.1, 0.15) is 19.3 Å². The third-order valence-corrected chi connectivity index (χ3v) is 1.64. The molecule has 0 aliphatic heterocycles. The Kier molecular flexibility index (Phi) is 2.11. The molecule has 4 heteroatoms. The monoisotopic (exact) mass is 145 g/mol. The summed E-state index contributed by atoms with van der Waals surface area (Å²) >= 11 is 0. The largest absolute Gasteiger partial charge is 0.446 e. The molecule has 1 aliphatic rings. The van der Waals surface area contributed by atoms with Crippen LogP contribution in [0.2, 0.25) is 0 Å². The molecule has 1 saturated carbocycles. The number of nitrogens with two attached hydrogens (primary N) is 1. The summed E-state index contributed by atoms with van der Waals surface area (Å²) in [5.74, 6) is 0. The van der Waals surface area contributed by atoms with Crippen molar-refractivity contribution in [3.8, 4) is 0 Å². The van der Waals surface area contributed by atoms with Gasteiger partial charge in [0.2, 0.25) is 0 Å². The van der Waals surface area contributed by atoms with Crippen molar-refractivity contribution < 1.29 is 14.6 Å². The Bertz CT molecular complexity index is 137. The van der Waals surface area contributed by atoms with Crippen molar-refractivity contribution >= 4 is 6.09 Å². The molecule has 10 heavy (non-hydrogen) atoms. The fourth-order valence-corrected chi connectivity index (χ4v) is 1.19. The lowest BCUT2D eigenvalue weighted by molar-refractivity contribution is 0.0965. The molecule has 0 aromatic carbocycles. The highest BCUT2D eigenvalue weighted by Gasteiger charge is 2.24. The number of carbonyl (C=O) groups excluding carboxylic acids is 1. The second-order valence-corrected chi connectivity index (χ2v) is 2.53. The molecular weight excluding hydrogens is 134 g/mol. The van der Waals surface area contributed by atoms with E-state index in [-0.39, 0.29) is 12.2 Å². The second kappa shape index (κ2) is 2.88. The number of amides is 1. The van der Waals surface area contributed by atoms with Gasteiger partial charge in [0.25, 0.3) is 0 Å². The van der Waals surface area contributed by atoms with Crippen molar-refractivity contribution in [1.29, 1.82) is 0 Å². The van der Waals surface area contributed by atoms with Crippen LogP contribution in [-0.2, 0) is 4.74 Å². The smallest absolute Gasteiger partial charge is 0.404 e. The zero-order valence-corrected chi connectivity index (χ0v) is 5.62. The number of primary amides is 1. The van der Waals surface area contributed by atoms with Gasteiger partial charge in [-0.2, -0.15) is 0 Å². The van der Waals surface area contributed by atoms with E-state index in [9.17, 15) is 4.79 Å². The van der Waals surface area contributed by atoms with Gasteiger partial charge in [-0.3, -0.25) is 0 Å². The van der Waals surface area contributed by atoms with Crippen LogP contribution in [0.3, 0.4) is 0 Å². The van der Waals surface area contributed by atoms with Gasteiger partial charge < -0.3 is 15.6 Å². The van der Waals surface area contributed by atoms with Crippen molar-refractivity contribution in [2.45, 2.75) is 31.5 Å².